The maximum Gasteiger partial charge on any atom is 0.226 e. The van der Waals surface area contributed by atoms with Gasteiger partial charge in [0.1, 0.15) is 0 Å². The number of rotatable bonds is 3. The van der Waals surface area contributed by atoms with E-state index in [0.29, 0.717) is 6.42 Å². The van der Waals surface area contributed by atoms with Gasteiger partial charge in [-0.05, 0) is 37.8 Å². The summed E-state index contributed by atoms with van der Waals surface area (Å²) in [6.07, 6.45) is 0.338. The Kier molecular flexibility index (Phi) is 3.29. The highest BCUT2D eigenvalue weighted by molar-refractivity contribution is 7.14. The highest BCUT2D eigenvalue weighted by Crippen LogP contribution is 2.22. The molecule has 0 bridgehead atoms. The molecule has 4 heteroatoms. The van der Waals surface area contributed by atoms with E-state index in [-0.39, 0.29) is 5.91 Å². The lowest BCUT2D eigenvalue weighted by Crippen LogP contribution is -2.36. The van der Waals surface area contributed by atoms with Gasteiger partial charge in [0.15, 0.2) is 0 Å². The third-order valence-corrected chi connectivity index (χ3v) is 2.66. The number of nitrogens with two attached hydrogens (primary N) is 1. The normalized spacial score (nSPS) is 11.4. The monoisotopic (exact) mass is 212 g/mol. The van der Waals surface area contributed by atoms with Crippen LogP contribution < -0.4 is 11.1 Å². The third kappa shape index (κ3) is 3.47. The minimum atomic E-state index is -0.449. The number of hydrogen-bond acceptors (Lipinski definition) is 3. The number of amides is 1. The topological polar surface area (TPSA) is 55.1 Å². The second-order valence-electron chi connectivity index (χ2n) is 4.15. The van der Waals surface area contributed by atoms with Gasteiger partial charge in [-0.15, -0.1) is 11.3 Å². The first kappa shape index (κ1) is 11.2. The van der Waals surface area contributed by atoms with Crippen LogP contribution in [-0.4, -0.2) is 11.4 Å². The standard InChI is InChI=1S/C10H16N2OS/c1-7-4-5-14-9(7)12-8(13)6-10(2,3)11/h4-5H,6,11H2,1-3H3,(H,12,13). The van der Waals surface area contributed by atoms with E-state index >= 15 is 0 Å². The van der Waals surface area contributed by atoms with E-state index in [1.165, 1.54) is 11.3 Å². The minimum Gasteiger partial charge on any atom is -0.325 e. The van der Waals surface area contributed by atoms with Gasteiger partial charge in [-0.1, -0.05) is 0 Å². The van der Waals surface area contributed by atoms with Gasteiger partial charge in [0, 0.05) is 12.0 Å². The lowest BCUT2D eigenvalue weighted by molar-refractivity contribution is -0.117. The molecular weight excluding hydrogens is 196 g/mol. The zero-order valence-electron chi connectivity index (χ0n) is 8.76. The molecule has 0 aromatic carbocycles. The highest BCUT2D eigenvalue weighted by atomic mass is 32.1. The molecule has 0 saturated carbocycles. The van der Waals surface area contributed by atoms with E-state index in [1.54, 1.807) is 0 Å². The summed E-state index contributed by atoms with van der Waals surface area (Å²) in [7, 11) is 0. The molecule has 1 rings (SSSR count). The van der Waals surface area contributed by atoms with Crippen LogP contribution in [-0.2, 0) is 4.79 Å². The van der Waals surface area contributed by atoms with Gasteiger partial charge >= 0.3 is 0 Å². The van der Waals surface area contributed by atoms with Crippen LogP contribution in [0.2, 0.25) is 0 Å². The van der Waals surface area contributed by atoms with Crippen LogP contribution in [0.4, 0.5) is 5.00 Å². The van der Waals surface area contributed by atoms with Crippen molar-refractivity contribution in [2.45, 2.75) is 32.7 Å². The second-order valence-corrected chi connectivity index (χ2v) is 5.06. The Morgan fingerprint density at radius 3 is 2.71 bits per heavy atom. The largest absolute Gasteiger partial charge is 0.325 e. The number of thiophene rings is 1. The Balaban J connectivity index is 2.54. The molecule has 0 fully saturated rings. The molecule has 1 aromatic heterocycles. The lowest BCUT2D eigenvalue weighted by Gasteiger charge is -2.17. The molecule has 0 spiro atoms. The summed E-state index contributed by atoms with van der Waals surface area (Å²) in [6, 6.07) is 1.98. The quantitative estimate of drug-likeness (QED) is 0.806. The maximum atomic E-state index is 11.5. The Bertz CT molecular complexity index is 325. The summed E-state index contributed by atoms with van der Waals surface area (Å²) in [5, 5.41) is 5.72. The van der Waals surface area contributed by atoms with Crippen molar-refractivity contribution in [2.75, 3.05) is 5.32 Å². The summed E-state index contributed by atoms with van der Waals surface area (Å²) >= 11 is 1.53. The van der Waals surface area contributed by atoms with Crippen LogP contribution in [0.5, 0.6) is 0 Å². The molecule has 14 heavy (non-hydrogen) atoms. The number of carbonyl (C=O) groups excluding carboxylic acids is 1. The fourth-order valence-corrected chi connectivity index (χ4v) is 1.92. The van der Waals surface area contributed by atoms with Gasteiger partial charge in [0.25, 0.3) is 0 Å². The van der Waals surface area contributed by atoms with E-state index in [9.17, 15) is 4.79 Å². The van der Waals surface area contributed by atoms with Crippen molar-refractivity contribution in [2.24, 2.45) is 5.73 Å². The lowest BCUT2D eigenvalue weighted by atomic mass is 10.0. The molecule has 0 saturated heterocycles. The molecule has 0 radical (unpaired) electrons. The first-order valence-corrected chi connectivity index (χ1v) is 5.39. The molecular formula is C10H16N2OS. The van der Waals surface area contributed by atoms with E-state index in [4.69, 9.17) is 5.73 Å². The van der Waals surface area contributed by atoms with Gasteiger partial charge in [0.05, 0.1) is 5.00 Å². The molecule has 1 heterocycles. The molecule has 0 aliphatic heterocycles. The molecule has 0 unspecified atom stereocenters. The molecule has 0 atom stereocenters. The van der Waals surface area contributed by atoms with Crippen molar-refractivity contribution >= 4 is 22.2 Å². The molecule has 78 valence electrons. The van der Waals surface area contributed by atoms with Crippen LogP contribution in [0.25, 0.3) is 0 Å². The van der Waals surface area contributed by atoms with Crippen molar-refractivity contribution in [1.29, 1.82) is 0 Å². The van der Waals surface area contributed by atoms with Crippen LogP contribution in [0, 0.1) is 6.92 Å². The fourth-order valence-electron chi connectivity index (χ4n) is 1.09. The van der Waals surface area contributed by atoms with E-state index in [2.05, 4.69) is 5.32 Å². The number of carbonyl (C=O) groups is 1. The zero-order chi connectivity index (χ0) is 10.8. The number of anilines is 1. The zero-order valence-corrected chi connectivity index (χ0v) is 9.57. The summed E-state index contributed by atoms with van der Waals surface area (Å²) in [4.78, 5) is 11.5. The van der Waals surface area contributed by atoms with Gasteiger partial charge in [-0.2, -0.15) is 0 Å². The summed E-state index contributed by atoms with van der Waals surface area (Å²) in [5.74, 6) is -0.0250. The van der Waals surface area contributed by atoms with Crippen molar-refractivity contribution in [1.82, 2.24) is 0 Å². The van der Waals surface area contributed by atoms with Crippen LogP contribution >= 0.6 is 11.3 Å². The van der Waals surface area contributed by atoms with E-state index < -0.39 is 5.54 Å². The first-order chi connectivity index (χ1) is 6.38. The summed E-state index contributed by atoms with van der Waals surface area (Å²) in [6.45, 7) is 5.65. The van der Waals surface area contributed by atoms with E-state index in [0.717, 1.165) is 10.6 Å². The molecule has 0 aliphatic carbocycles. The van der Waals surface area contributed by atoms with Crippen molar-refractivity contribution in [3.8, 4) is 0 Å². The van der Waals surface area contributed by atoms with Gasteiger partial charge in [-0.25, -0.2) is 0 Å². The van der Waals surface area contributed by atoms with Crippen molar-refractivity contribution in [3.63, 3.8) is 0 Å². The van der Waals surface area contributed by atoms with Crippen LogP contribution in [0.1, 0.15) is 25.8 Å². The Labute approximate surface area is 88.3 Å². The summed E-state index contributed by atoms with van der Waals surface area (Å²) in [5.41, 5.74) is 6.39. The molecule has 1 amide bonds. The Hall–Kier alpha value is -0.870. The second kappa shape index (κ2) is 4.11. The summed E-state index contributed by atoms with van der Waals surface area (Å²) < 4.78 is 0. The number of nitrogens with one attached hydrogen (secondary N) is 1. The van der Waals surface area contributed by atoms with E-state index in [1.807, 2.05) is 32.2 Å². The molecule has 1 aromatic rings. The number of hydrogen-bond donors (Lipinski definition) is 2. The SMILES string of the molecule is Cc1ccsc1NC(=O)CC(C)(C)N. The first-order valence-electron chi connectivity index (χ1n) is 4.51. The van der Waals surface area contributed by atoms with Gasteiger partial charge < -0.3 is 11.1 Å². The molecule has 0 aliphatic rings. The molecule has 3 N–H and O–H groups in total. The average molecular weight is 212 g/mol. The highest BCUT2D eigenvalue weighted by Gasteiger charge is 2.16. The Morgan fingerprint density at radius 1 is 1.64 bits per heavy atom. The third-order valence-electron chi connectivity index (χ3n) is 1.73. The Morgan fingerprint density at radius 2 is 2.29 bits per heavy atom. The fraction of sp³-hybridized carbons (Fsp3) is 0.500. The smallest absolute Gasteiger partial charge is 0.226 e. The van der Waals surface area contributed by atoms with Crippen molar-refractivity contribution in [3.05, 3.63) is 17.0 Å². The van der Waals surface area contributed by atoms with Crippen LogP contribution in [0.3, 0.4) is 0 Å². The predicted octanol–water partition coefficient (Wildman–Crippen LogP) is 2.12. The number of aryl methyl sites for hydroxylation is 1. The molecule has 3 nitrogen and oxygen atoms in total. The average Bonchev–Trinajstić information content (AvgIpc) is 2.32. The van der Waals surface area contributed by atoms with Gasteiger partial charge in [-0.3, -0.25) is 4.79 Å². The van der Waals surface area contributed by atoms with Crippen molar-refractivity contribution < 1.29 is 4.79 Å². The van der Waals surface area contributed by atoms with Crippen LogP contribution in [0.15, 0.2) is 11.4 Å². The predicted molar refractivity (Wildman–Crippen MR) is 60.6 cm³/mol. The minimum absolute atomic E-state index is 0.0250. The van der Waals surface area contributed by atoms with Gasteiger partial charge in [0.2, 0.25) is 5.91 Å². The maximum absolute atomic E-state index is 11.5.